The molecule has 0 aliphatic carbocycles. The van der Waals surface area contributed by atoms with Crippen LogP contribution in [-0.4, -0.2) is 21.0 Å². The summed E-state index contributed by atoms with van der Waals surface area (Å²) < 4.78 is 0. The van der Waals surface area contributed by atoms with E-state index in [1.54, 1.807) is 18.2 Å². The number of hydrogen-bond acceptors (Lipinski definition) is 4. The molecule has 0 amide bonds. The van der Waals surface area contributed by atoms with Crippen LogP contribution in [0.5, 0.6) is 0 Å². The fourth-order valence-electron chi connectivity index (χ4n) is 1.19. The molecule has 0 atom stereocenters. The minimum atomic E-state index is -1.09. The van der Waals surface area contributed by atoms with Crippen molar-refractivity contribution in [3.8, 4) is 0 Å². The summed E-state index contributed by atoms with van der Waals surface area (Å²) in [5.41, 5.74) is -0.0579. The lowest BCUT2D eigenvalue weighted by Gasteiger charge is -2.03. The van der Waals surface area contributed by atoms with Crippen LogP contribution >= 0.6 is 23.4 Å². The van der Waals surface area contributed by atoms with Crippen LogP contribution in [0.1, 0.15) is 10.5 Å². The Morgan fingerprint density at radius 2 is 2.06 bits per heavy atom. The van der Waals surface area contributed by atoms with Gasteiger partial charge in [-0.05, 0) is 18.2 Å². The highest BCUT2D eigenvalue weighted by Crippen LogP contribution is 2.29. The average Bonchev–Trinajstić information content (AvgIpc) is 2.29. The summed E-state index contributed by atoms with van der Waals surface area (Å²) in [6, 6.07) is 7.12. The number of nitrogens with zero attached hydrogens (tertiary/aromatic N) is 2. The van der Waals surface area contributed by atoms with Gasteiger partial charge < -0.3 is 5.11 Å². The highest BCUT2D eigenvalue weighted by molar-refractivity contribution is 7.99. The maximum absolute atomic E-state index is 10.9. The number of aromatic carboxylic acids is 1. The predicted molar refractivity (Wildman–Crippen MR) is 64.6 cm³/mol. The average molecular weight is 267 g/mol. The van der Waals surface area contributed by atoms with Crippen LogP contribution in [0.3, 0.4) is 0 Å². The van der Waals surface area contributed by atoms with E-state index in [2.05, 4.69) is 9.97 Å². The second kappa shape index (κ2) is 5.16. The SMILES string of the molecule is O=C(O)c1nccnc1Sc1cccc(Cl)c1. The highest BCUT2D eigenvalue weighted by Gasteiger charge is 2.13. The number of hydrogen-bond donors (Lipinski definition) is 1. The maximum atomic E-state index is 10.9. The number of benzene rings is 1. The summed E-state index contributed by atoms with van der Waals surface area (Å²) >= 11 is 7.07. The molecule has 0 saturated carbocycles. The molecule has 4 nitrogen and oxygen atoms in total. The first-order chi connectivity index (χ1) is 8.16. The molecular formula is C11H7ClN2O2S. The molecule has 2 aromatic rings. The van der Waals surface area contributed by atoms with E-state index >= 15 is 0 Å². The van der Waals surface area contributed by atoms with Crippen molar-refractivity contribution >= 4 is 29.3 Å². The van der Waals surface area contributed by atoms with E-state index in [4.69, 9.17) is 16.7 Å². The van der Waals surface area contributed by atoms with Gasteiger partial charge in [-0.3, -0.25) is 0 Å². The van der Waals surface area contributed by atoms with Crippen molar-refractivity contribution in [2.24, 2.45) is 0 Å². The minimum absolute atomic E-state index is 0.0579. The molecule has 86 valence electrons. The van der Waals surface area contributed by atoms with Gasteiger partial charge in [0, 0.05) is 22.3 Å². The first-order valence-electron chi connectivity index (χ1n) is 4.64. The van der Waals surface area contributed by atoms with E-state index in [0.29, 0.717) is 10.0 Å². The molecule has 17 heavy (non-hydrogen) atoms. The van der Waals surface area contributed by atoms with Gasteiger partial charge in [-0.15, -0.1) is 0 Å². The Bertz CT molecular complexity index is 563. The van der Waals surface area contributed by atoms with Gasteiger partial charge in [-0.25, -0.2) is 14.8 Å². The van der Waals surface area contributed by atoms with Crippen LogP contribution in [0, 0.1) is 0 Å². The number of carboxylic acid groups (broad SMARTS) is 1. The molecule has 0 spiro atoms. The molecule has 0 saturated heterocycles. The first-order valence-corrected chi connectivity index (χ1v) is 5.84. The fraction of sp³-hybridized carbons (Fsp3) is 0. The Morgan fingerprint density at radius 1 is 1.29 bits per heavy atom. The van der Waals surface area contributed by atoms with E-state index in [0.717, 1.165) is 4.90 Å². The lowest BCUT2D eigenvalue weighted by atomic mass is 10.4. The van der Waals surface area contributed by atoms with Crippen molar-refractivity contribution in [3.63, 3.8) is 0 Å². The molecule has 0 radical (unpaired) electrons. The fourth-order valence-corrected chi connectivity index (χ4v) is 2.35. The van der Waals surface area contributed by atoms with Crippen molar-refractivity contribution in [1.82, 2.24) is 9.97 Å². The normalized spacial score (nSPS) is 10.2. The van der Waals surface area contributed by atoms with E-state index in [1.807, 2.05) is 6.07 Å². The summed E-state index contributed by atoms with van der Waals surface area (Å²) in [7, 11) is 0. The predicted octanol–water partition coefficient (Wildman–Crippen LogP) is 2.98. The summed E-state index contributed by atoms with van der Waals surface area (Å²) in [4.78, 5) is 19.5. The molecule has 0 fully saturated rings. The van der Waals surface area contributed by atoms with Gasteiger partial charge in [0.05, 0.1) is 0 Å². The molecule has 0 aliphatic rings. The van der Waals surface area contributed by atoms with Crippen molar-refractivity contribution < 1.29 is 9.90 Å². The number of carbonyl (C=O) groups is 1. The Balaban J connectivity index is 2.33. The van der Waals surface area contributed by atoms with Crippen LogP contribution in [0.15, 0.2) is 46.6 Å². The Kier molecular flexibility index (Phi) is 3.61. The molecule has 1 N–H and O–H groups in total. The van der Waals surface area contributed by atoms with Crippen molar-refractivity contribution in [2.45, 2.75) is 9.92 Å². The summed E-state index contributed by atoms with van der Waals surface area (Å²) in [6.07, 6.45) is 2.81. The third-order valence-electron chi connectivity index (χ3n) is 1.88. The third-order valence-corrected chi connectivity index (χ3v) is 3.09. The first kappa shape index (κ1) is 11.9. The number of aromatic nitrogens is 2. The van der Waals surface area contributed by atoms with E-state index in [-0.39, 0.29) is 5.69 Å². The zero-order valence-electron chi connectivity index (χ0n) is 8.50. The molecule has 0 bridgehead atoms. The van der Waals surface area contributed by atoms with Gasteiger partial charge in [0.1, 0.15) is 5.03 Å². The molecule has 1 aromatic carbocycles. The second-order valence-electron chi connectivity index (χ2n) is 3.07. The highest BCUT2D eigenvalue weighted by atomic mass is 35.5. The Labute approximate surface area is 107 Å². The van der Waals surface area contributed by atoms with Gasteiger partial charge in [0.15, 0.2) is 5.69 Å². The lowest BCUT2D eigenvalue weighted by molar-refractivity contribution is 0.0685. The van der Waals surface area contributed by atoms with Gasteiger partial charge in [0.2, 0.25) is 0 Å². The second-order valence-corrected chi connectivity index (χ2v) is 4.57. The van der Waals surface area contributed by atoms with Gasteiger partial charge in [-0.2, -0.15) is 0 Å². The van der Waals surface area contributed by atoms with Crippen molar-refractivity contribution in [2.75, 3.05) is 0 Å². The number of carboxylic acids is 1. The van der Waals surface area contributed by atoms with E-state index in [9.17, 15) is 4.79 Å². The van der Waals surface area contributed by atoms with E-state index < -0.39 is 5.97 Å². The summed E-state index contributed by atoms with van der Waals surface area (Å²) in [5, 5.41) is 9.90. The zero-order chi connectivity index (χ0) is 12.3. The standard InChI is InChI=1S/C11H7ClN2O2S/c12-7-2-1-3-8(6-7)17-10-9(11(15)16)13-4-5-14-10/h1-6H,(H,15,16). The van der Waals surface area contributed by atoms with Gasteiger partial charge >= 0.3 is 5.97 Å². The third kappa shape index (κ3) is 2.95. The largest absolute Gasteiger partial charge is 0.476 e. The smallest absolute Gasteiger partial charge is 0.357 e. The van der Waals surface area contributed by atoms with Crippen molar-refractivity contribution in [3.05, 3.63) is 47.4 Å². The quantitative estimate of drug-likeness (QED) is 0.925. The van der Waals surface area contributed by atoms with Gasteiger partial charge in [0.25, 0.3) is 0 Å². The van der Waals surface area contributed by atoms with Gasteiger partial charge in [-0.1, -0.05) is 29.4 Å². The summed E-state index contributed by atoms with van der Waals surface area (Å²) in [5.74, 6) is -1.09. The molecule has 0 unspecified atom stereocenters. The molecule has 0 aliphatic heterocycles. The molecule has 1 heterocycles. The topological polar surface area (TPSA) is 63.1 Å². The Hall–Kier alpha value is -1.59. The molecule has 2 rings (SSSR count). The van der Waals surface area contributed by atoms with Crippen LogP contribution in [0.4, 0.5) is 0 Å². The molecular weight excluding hydrogens is 260 g/mol. The maximum Gasteiger partial charge on any atom is 0.357 e. The Morgan fingerprint density at radius 3 is 2.76 bits per heavy atom. The lowest BCUT2D eigenvalue weighted by Crippen LogP contribution is -2.03. The zero-order valence-corrected chi connectivity index (χ0v) is 10.1. The van der Waals surface area contributed by atoms with Crippen LogP contribution in [0.25, 0.3) is 0 Å². The van der Waals surface area contributed by atoms with Crippen LogP contribution in [0.2, 0.25) is 5.02 Å². The molecule has 6 heteroatoms. The summed E-state index contributed by atoms with van der Waals surface area (Å²) in [6.45, 7) is 0. The molecule has 1 aromatic heterocycles. The van der Waals surface area contributed by atoms with Crippen LogP contribution < -0.4 is 0 Å². The van der Waals surface area contributed by atoms with E-state index in [1.165, 1.54) is 24.2 Å². The minimum Gasteiger partial charge on any atom is -0.476 e. The number of halogens is 1. The van der Waals surface area contributed by atoms with Crippen LogP contribution in [-0.2, 0) is 0 Å². The van der Waals surface area contributed by atoms with Crippen molar-refractivity contribution in [1.29, 1.82) is 0 Å². The monoisotopic (exact) mass is 266 g/mol. The number of rotatable bonds is 3.